The minimum absolute atomic E-state index is 0.259. The number of rotatable bonds is 5. The third-order valence-corrected chi connectivity index (χ3v) is 6.22. The molecule has 1 aliphatic heterocycles. The van der Waals surface area contributed by atoms with Crippen molar-refractivity contribution in [1.82, 2.24) is 29.3 Å². The fourth-order valence-corrected chi connectivity index (χ4v) is 4.32. The first-order valence-corrected chi connectivity index (χ1v) is 10.8. The zero-order chi connectivity index (χ0) is 22.5. The topological polar surface area (TPSA) is 79.9 Å². The van der Waals surface area contributed by atoms with Gasteiger partial charge >= 0.3 is 0 Å². The van der Waals surface area contributed by atoms with Gasteiger partial charge in [0.2, 0.25) is 0 Å². The van der Waals surface area contributed by atoms with Crippen LogP contribution in [0.15, 0.2) is 49.2 Å². The van der Waals surface area contributed by atoms with Crippen molar-refractivity contribution in [1.29, 1.82) is 0 Å². The van der Waals surface area contributed by atoms with Gasteiger partial charge in [0.25, 0.3) is 0 Å². The second-order valence-electron chi connectivity index (χ2n) is 8.04. The van der Waals surface area contributed by atoms with Crippen LogP contribution in [0, 0.1) is 5.82 Å². The van der Waals surface area contributed by atoms with E-state index < -0.39 is 0 Å². The minimum atomic E-state index is -0.347. The van der Waals surface area contributed by atoms with Crippen LogP contribution < -0.4 is 4.74 Å². The van der Waals surface area contributed by atoms with Crippen LogP contribution in [0.4, 0.5) is 4.39 Å². The molecule has 0 N–H and O–H groups in total. The average Bonchev–Trinajstić information content (AvgIpc) is 3.41. The molecule has 0 unspecified atom stereocenters. The van der Waals surface area contributed by atoms with E-state index in [0.717, 1.165) is 34.2 Å². The highest BCUT2D eigenvalue weighted by molar-refractivity contribution is 5.92. The molecule has 166 valence electrons. The molecule has 0 bridgehead atoms. The maximum Gasteiger partial charge on any atom is 0.183 e. The second kappa shape index (κ2) is 7.63. The highest BCUT2D eigenvalue weighted by Crippen LogP contribution is 2.38. The van der Waals surface area contributed by atoms with Crippen molar-refractivity contribution < 1.29 is 13.9 Å². The maximum atomic E-state index is 15.1. The van der Waals surface area contributed by atoms with Gasteiger partial charge in [-0.1, -0.05) is 6.07 Å². The SMILES string of the molecule is CCn1cnc2c(-c3ccc(F)c(-c4cc5ncn(C6COC6)c5cc4OC)c3)cnnc21. The molecule has 3 aromatic heterocycles. The minimum Gasteiger partial charge on any atom is -0.496 e. The van der Waals surface area contributed by atoms with E-state index in [4.69, 9.17) is 9.47 Å². The molecule has 0 spiro atoms. The lowest BCUT2D eigenvalue weighted by molar-refractivity contribution is -0.0216. The van der Waals surface area contributed by atoms with Gasteiger partial charge in [-0.15, -0.1) is 5.10 Å². The number of imidazole rings is 2. The first kappa shape index (κ1) is 19.8. The van der Waals surface area contributed by atoms with Crippen molar-refractivity contribution in [3.8, 4) is 28.0 Å². The Labute approximate surface area is 188 Å². The standard InChI is InChI=1S/C24H21FN6O2/c1-3-30-12-27-23-18(9-28-29-24(23)30)14-4-5-19(25)16(6-14)17-7-20-21(8-22(17)32-2)31(13-26-20)15-10-33-11-15/h4-9,12-13,15H,3,10-11H2,1-2H3. The zero-order valence-corrected chi connectivity index (χ0v) is 18.2. The molecule has 0 aliphatic carbocycles. The summed E-state index contributed by atoms with van der Waals surface area (Å²) in [7, 11) is 1.59. The molecule has 5 aromatic rings. The van der Waals surface area contributed by atoms with Crippen LogP contribution in [0.3, 0.4) is 0 Å². The number of nitrogens with zero attached hydrogens (tertiary/aromatic N) is 6. The molecule has 6 rings (SSSR count). The fraction of sp³-hybridized carbons (Fsp3) is 0.250. The first-order chi connectivity index (χ1) is 16.2. The van der Waals surface area contributed by atoms with Crippen LogP contribution in [-0.4, -0.2) is 49.6 Å². The highest BCUT2D eigenvalue weighted by atomic mass is 19.1. The van der Waals surface area contributed by atoms with E-state index in [2.05, 4.69) is 24.7 Å². The number of hydrogen-bond acceptors (Lipinski definition) is 6. The normalized spacial score (nSPS) is 14.2. The monoisotopic (exact) mass is 444 g/mol. The van der Waals surface area contributed by atoms with E-state index in [0.29, 0.717) is 35.7 Å². The Hall–Kier alpha value is -3.85. The third kappa shape index (κ3) is 3.07. The predicted molar refractivity (Wildman–Crippen MR) is 122 cm³/mol. The molecular weight excluding hydrogens is 423 g/mol. The molecule has 9 heteroatoms. The van der Waals surface area contributed by atoms with Crippen LogP contribution in [0.2, 0.25) is 0 Å². The second-order valence-corrected chi connectivity index (χ2v) is 8.04. The fourth-order valence-electron chi connectivity index (χ4n) is 4.32. The van der Waals surface area contributed by atoms with Gasteiger partial charge in [-0.05, 0) is 30.7 Å². The van der Waals surface area contributed by atoms with Crippen LogP contribution in [0.1, 0.15) is 13.0 Å². The van der Waals surface area contributed by atoms with Gasteiger partial charge in [0, 0.05) is 29.3 Å². The lowest BCUT2D eigenvalue weighted by Crippen LogP contribution is -2.30. The quantitative estimate of drug-likeness (QED) is 0.403. The number of hydrogen-bond donors (Lipinski definition) is 0. The van der Waals surface area contributed by atoms with E-state index in [1.54, 1.807) is 38.1 Å². The summed E-state index contributed by atoms with van der Waals surface area (Å²) in [6, 6.07) is 9.04. The summed E-state index contributed by atoms with van der Waals surface area (Å²) < 4.78 is 30.1. The smallest absolute Gasteiger partial charge is 0.183 e. The van der Waals surface area contributed by atoms with Crippen LogP contribution >= 0.6 is 0 Å². The van der Waals surface area contributed by atoms with Gasteiger partial charge in [-0.3, -0.25) is 0 Å². The summed E-state index contributed by atoms with van der Waals surface area (Å²) >= 11 is 0. The van der Waals surface area contributed by atoms with E-state index in [-0.39, 0.29) is 11.9 Å². The molecule has 0 atom stereocenters. The number of halogens is 1. The summed E-state index contributed by atoms with van der Waals surface area (Å²) in [4.78, 5) is 9.06. The third-order valence-electron chi connectivity index (χ3n) is 6.22. The van der Waals surface area contributed by atoms with Gasteiger partial charge in [0.05, 0.1) is 56.3 Å². The number of fused-ring (bicyclic) bond motifs is 2. The highest BCUT2D eigenvalue weighted by Gasteiger charge is 2.24. The summed E-state index contributed by atoms with van der Waals surface area (Å²) in [6.45, 7) is 4.08. The Morgan fingerprint density at radius 1 is 1.09 bits per heavy atom. The Bertz CT molecular complexity index is 1500. The van der Waals surface area contributed by atoms with Gasteiger partial charge in [-0.2, -0.15) is 5.10 Å². The molecule has 0 amide bonds. The summed E-state index contributed by atoms with van der Waals surface area (Å²) in [6.07, 6.45) is 5.21. The molecular formula is C24H21FN6O2. The lowest BCUT2D eigenvalue weighted by Gasteiger charge is -2.27. The molecule has 2 aromatic carbocycles. The zero-order valence-electron chi connectivity index (χ0n) is 18.2. The Balaban J connectivity index is 1.51. The first-order valence-electron chi connectivity index (χ1n) is 10.8. The molecule has 4 heterocycles. The Morgan fingerprint density at radius 2 is 1.97 bits per heavy atom. The molecule has 0 saturated carbocycles. The van der Waals surface area contributed by atoms with E-state index in [1.807, 2.05) is 23.6 Å². The predicted octanol–water partition coefficient (Wildman–Crippen LogP) is 4.25. The Kier molecular flexibility index (Phi) is 4.58. The molecule has 8 nitrogen and oxygen atoms in total. The van der Waals surface area contributed by atoms with Crippen molar-refractivity contribution in [3.05, 3.63) is 55.0 Å². The number of benzene rings is 2. The average molecular weight is 444 g/mol. The largest absolute Gasteiger partial charge is 0.496 e. The lowest BCUT2D eigenvalue weighted by atomic mass is 9.98. The van der Waals surface area contributed by atoms with Crippen molar-refractivity contribution in [2.75, 3.05) is 20.3 Å². The van der Waals surface area contributed by atoms with Gasteiger partial charge in [0.1, 0.15) is 17.1 Å². The molecule has 33 heavy (non-hydrogen) atoms. The maximum absolute atomic E-state index is 15.1. The molecule has 1 aliphatic rings. The van der Waals surface area contributed by atoms with Crippen molar-refractivity contribution in [3.63, 3.8) is 0 Å². The van der Waals surface area contributed by atoms with Crippen molar-refractivity contribution in [2.45, 2.75) is 19.5 Å². The number of methoxy groups -OCH3 is 1. The molecule has 1 saturated heterocycles. The molecule has 1 fully saturated rings. The number of ether oxygens (including phenoxy) is 2. The Morgan fingerprint density at radius 3 is 2.73 bits per heavy atom. The van der Waals surface area contributed by atoms with E-state index in [9.17, 15) is 0 Å². The van der Waals surface area contributed by atoms with E-state index >= 15 is 4.39 Å². The number of aryl methyl sites for hydroxylation is 1. The van der Waals surface area contributed by atoms with Crippen LogP contribution in [-0.2, 0) is 11.3 Å². The van der Waals surface area contributed by atoms with Crippen LogP contribution in [0.5, 0.6) is 5.75 Å². The number of aromatic nitrogens is 6. The van der Waals surface area contributed by atoms with Crippen LogP contribution in [0.25, 0.3) is 44.5 Å². The van der Waals surface area contributed by atoms with Crippen molar-refractivity contribution in [2.24, 2.45) is 0 Å². The summed E-state index contributed by atoms with van der Waals surface area (Å²) in [5, 5.41) is 8.37. The van der Waals surface area contributed by atoms with Gasteiger partial charge in [-0.25, -0.2) is 14.4 Å². The van der Waals surface area contributed by atoms with Gasteiger partial charge in [0.15, 0.2) is 5.65 Å². The van der Waals surface area contributed by atoms with E-state index in [1.165, 1.54) is 6.07 Å². The summed E-state index contributed by atoms with van der Waals surface area (Å²) in [5.74, 6) is 0.231. The molecule has 0 radical (unpaired) electrons. The summed E-state index contributed by atoms with van der Waals surface area (Å²) in [5.41, 5.74) is 5.79. The van der Waals surface area contributed by atoms with Gasteiger partial charge < -0.3 is 18.6 Å². The van der Waals surface area contributed by atoms with Crippen molar-refractivity contribution >= 4 is 22.2 Å².